The Morgan fingerprint density at radius 3 is 2.65 bits per heavy atom. The number of nitrogens with one attached hydrogen (secondary N) is 1. The van der Waals surface area contributed by atoms with Crippen LogP contribution in [-0.2, 0) is 7.05 Å². The van der Waals surface area contributed by atoms with Crippen LogP contribution in [0.4, 0.5) is 0 Å². The van der Waals surface area contributed by atoms with Gasteiger partial charge in [-0.2, -0.15) is 5.10 Å². The van der Waals surface area contributed by atoms with Crippen LogP contribution in [0.2, 0.25) is 0 Å². The van der Waals surface area contributed by atoms with Crippen LogP contribution in [0.1, 0.15) is 0 Å². The molecule has 0 saturated carbocycles. The number of aromatic amines is 1. The van der Waals surface area contributed by atoms with E-state index < -0.39 is 0 Å². The molecule has 3 rings (SSSR count). The summed E-state index contributed by atoms with van der Waals surface area (Å²) in [5.74, 6) is 0. The van der Waals surface area contributed by atoms with Gasteiger partial charge in [0, 0.05) is 18.8 Å². The van der Waals surface area contributed by atoms with Crippen LogP contribution in [0.25, 0.3) is 22.6 Å². The third-order valence-corrected chi connectivity index (χ3v) is 2.66. The Labute approximate surface area is 98.9 Å². The maximum Gasteiger partial charge on any atom is 0.111 e. The van der Waals surface area contributed by atoms with E-state index in [2.05, 4.69) is 15.1 Å². The van der Waals surface area contributed by atoms with Crippen LogP contribution in [0.5, 0.6) is 0 Å². The van der Waals surface area contributed by atoms with Crippen LogP contribution in [0.15, 0.2) is 48.9 Å². The second-order valence-corrected chi connectivity index (χ2v) is 3.87. The van der Waals surface area contributed by atoms with Crippen molar-refractivity contribution in [3.05, 3.63) is 48.9 Å². The molecule has 0 amide bonds. The van der Waals surface area contributed by atoms with E-state index in [-0.39, 0.29) is 0 Å². The quantitative estimate of drug-likeness (QED) is 0.726. The van der Waals surface area contributed by atoms with E-state index in [1.54, 1.807) is 11.0 Å². The number of hydrogen-bond donors (Lipinski definition) is 1. The van der Waals surface area contributed by atoms with E-state index >= 15 is 0 Å². The van der Waals surface area contributed by atoms with Crippen molar-refractivity contribution in [2.75, 3.05) is 0 Å². The number of imidazole rings is 1. The van der Waals surface area contributed by atoms with Gasteiger partial charge in [0.25, 0.3) is 0 Å². The number of hydrogen-bond acceptors (Lipinski definition) is 2. The summed E-state index contributed by atoms with van der Waals surface area (Å²) < 4.78 is 1.78. The summed E-state index contributed by atoms with van der Waals surface area (Å²) in [7, 11) is 1.90. The summed E-state index contributed by atoms with van der Waals surface area (Å²) in [5.41, 5.74) is 3.89. The zero-order valence-electron chi connectivity index (χ0n) is 9.46. The summed E-state index contributed by atoms with van der Waals surface area (Å²) in [5, 5.41) is 4.38. The molecular formula is C13H12N4. The van der Waals surface area contributed by atoms with E-state index in [0.29, 0.717) is 0 Å². The molecule has 4 nitrogen and oxygen atoms in total. The molecule has 2 aromatic heterocycles. The smallest absolute Gasteiger partial charge is 0.111 e. The van der Waals surface area contributed by atoms with Gasteiger partial charge in [-0.25, -0.2) is 4.98 Å². The van der Waals surface area contributed by atoms with Gasteiger partial charge >= 0.3 is 0 Å². The van der Waals surface area contributed by atoms with Crippen molar-refractivity contribution >= 4 is 0 Å². The molecule has 17 heavy (non-hydrogen) atoms. The van der Waals surface area contributed by atoms with Crippen molar-refractivity contribution in [1.29, 1.82) is 0 Å². The van der Waals surface area contributed by atoms with Gasteiger partial charge in [-0.05, 0) is 6.07 Å². The molecule has 84 valence electrons. The molecule has 0 atom stereocenters. The summed E-state index contributed by atoms with van der Waals surface area (Å²) in [6, 6.07) is 12.1. The summed E-state index contributed by atoms with van der Waals surface area (Å²) in [4.78, 5) is 7.51. The van der Waals surface area contributed by atoms with Gasteiger partial charge in [-0.3, -0.25) is 4.68 Å². The molecule has 1 aromatic carbocycles. The molecule has 3 aromatic rings. The molecule has 4 heteroatoms. The second kappa shape index (κ2) is 3.90. The predicted molar refractivity (Wildman–Crippen MR) is 66.2 cm³/mol. The Bertz CT molecular complexity index is 622. The molecule has 0 radical (unpaired) electrons. The first-order chi connectivity index (χ1) is 8.34. The predicted octanol–water partition coefficient (Wildman–Crippen LogP) is 2.48. The van der Waals surface area contributed by atoms with Crippen LogP contribution in [0.3, 0.4) is 0 Å². The first kappa shape index (κ1) is 9.84. The lowest BCUT2D eigenvalue weighted by Gasteiger charge is -1.99. The Morgan fingerprint density at radius 1 is 1.12 bits per heavy atom. The first-order valence-electron chi connectivity index (χ1n) is 5.43. The maximum absolute atomic E-state index is 4.38. The minimum atomic E-state index is 0.906. The van der Waals surface area contributed by atoms with Gasteiger partial charge in [0.2, 0.25) is 0 Å². The van der Waals surface area contributed by atoms with Gasteiger partial charge in [0.1, 0.15) is 5.69 Å². The lowest BCUT2D eigenvalue weighted by atomic mass is 10.1. The highest BCUT2D eigenvalue weighted by molar-refractivity contribution is 5.75. The van der Waals surface area contributed by atoms with Crippen molar-refractivity contribution in [2.45, 2.75) is 0 Å². The van der Waals surface area contributed by atoms with Crippen molar-refractivity contribution < 1.29 is 0 Å². The Morgan fingerprint density at radius 2 is 1.94 bits per heavy atom. The molecule has 0 aliphatic rings. The fraction of sp³-hybridized carbons (Fsp3) is 0.0769. The van der Waals surface area contributed by atoms with Gasteiger partial charge in [-0.1, -0.05) is 30.3 Å². The average Bonchev–Trinajstić information content (AvgIpc) is 2.98. The van der Waals surface area contributed by atoms with Crippen molar-refractivity contribution in [2.24, 2.45) is 7.05 Å². The van der Waals surface area contributed by atoms with Gasteiger partial charge in [0.15, 0.2) is 0 Å². The van der Waals surface area contributed by atoms with Gasteiger partial charge in [-0.15, -0.1) is 0 Å². The Balaban J connectivity index is 2.12. The molecule has 0 bridgehead atoms. The SMILES string of the molecule is Cn1ccc(-c2[nH]cnc2-c2ccccc2)n1. The average molecular weight is 224 g/mol. The van der Waals surface area contributed by atoms with E-state index in [0.717, 1.165) is 22.6 Å². The second-order valence-electron chi connectivity index (χ2n) is 3.87. The standard InChI is InChI=1S/C13H12N4/c1-17-8-7-11(16-17)13-12(14-9-15-13)10-5-3-2-4-6-10/h2-9H,1H3,(H,14,15). The van der Waals surface area contributed by atoms with Gasteiger partial charge in [0.05, 0.1) is 17.7 Å². The summed E-state index contributed by atoms with van der Waals surface area (Å²) in [6.07, 6.45) is 3.62. The normalized spacial score (nSPS) is 10.6. The monoisotopic (exact) mass is 224 g/mol. The molecule has 0 aliphatic carbocycles. The summed E-state index contributed by atoms with van der Waals surface area (Å²) in [6.45, 7) is 0. The molecule has 0 unspecified atom stereocenters. The molecular weight excluding hydrogens is 212 g/mol. The molecule has 2 heterocycles. The first-order valence-corrected chi connectivity index (χ1v) is 5.43. The highest BCUT2D eigenvalue weighted by atomic mass is 15.3. The van der Waals surface area contributed by atoms with Crippen LogP contribution in [-0.4, -0.2) is 19.7 Å². The topological polar surface area (TPSA) is 46.5 Å². The van der Waals surface area contributed by atoms with Crippen LogP contribution >= 0.6 is 0 Å². The fourth-order valence-electron chi connectivity index (χ4n) is 1.85. The number of rotatable bonds is 2. The number of H-pyrrole nitrogens is 1. The minimum Gasteiger partial charge on any atom is -0.343 e. The van der Waals surface area contributed by atoms with Crippen molar-refractivity contribution in [3.63, 3.8) is 0 Å². The number of nitrogens with zero attached hydrogens (tertiary/aromatic N) is 3. The lowest BCUT2D eigenvalue weighted by molar-refractivity contribution is 0.770. The van der Waals surface area contributed by atoms with Crippen LogP contribution in [0, 0.1) is 0 Å². The molecule has 0 aliphatic heterocycles. The molecule has 1 N–H and O–H groups in total. The van der Waals surface area contributed by atoms with Crippen LogP contribution < -0.4 is 0 Å². The highest BCUT2D eigenvalue weighted by Crippen LogP contribution is 2.27. The molecule has 0 saturated heterocycles. The van der Waals surface area contributed by atoms with E-state index in [9.17, 15) is 0 Å². The van der Waals surface area contributed by atoms with E-state index in [4.69, 9.17) is 0 Å². The fourth-order valence-corrected chi connectivity index (χ4v) is 1.85. The Kier molecular flexibility index (Phi) is 2.26. The number of aryl methyl sites for hydroxylation is 1. The van der Waals surface area contributed by atoms with Gasteiger partial charge < -0.3 is 4.98 Å². The third-order valence-electron chi connectivity index (χ3n) is 2.66. The van der Waals surface area contributed by atoms with E-state index in [1.807, 2.05) is 49.6 Å². The van der Waals surface area contributed by atoms with Crippen molar-refractivity contribution in [1.82, 2.24) is 19.7 Å². The zero-order chi connectivity index (χ0) is 11.7. The molecule has 0 spiro atoms. The third kappa shape index (κ3) is 1.73. The number of benzene rings is 1. The largest absolute Gasteiger partial charge is 0.343 e. The summed E-state index contributed by atoms with van der Waals surface area (Å²) >= 11 is 0. The zero-order valence-corrected chi connectivity index (χ0v) is 9.46. The lowest BCUT2D eigenvalue weighted by Crippen LogP contribution is -1.89. The maximum atomic E-state index is 4.38. The van der Waals surface area contributed by atoms with E-state index in [1.165, 1.54) is 0 Å². The number of aromatic nitrogens is 4. The van der Waals surface area contributed by atoms with Crippen molar-refractivity contribution in [3.8, 4) is 22.6 Å². The molecule has 0 fully saturated rings. The Hall–Kier alpha value is -2.36. The minimum absolute atomic E-state index is 0.906. The highest BCUT2D eigenvalue weighted by Gasteiger charge is 2.11.